The topological polar surface area (TPSA) is 41.6 Å². The zero-order valence-corrected chi connectivity index (χ0v) is 15.9. The van der Waals surface area contributed by atoms with Gasteiger partial charge in [-0.15, -0.1) is 11.3 Å². The first kappa shape index (κ1) is 18.5. The molecular weight excluding hydrogens is 368 g/mol. The summed E-state index contributed by atoms with van der Waals surface area (Å²) < 4.78 is 6.63. The van der Waals surface area contributed by atoms with E-state index in [1.54, 1.807) is 0 Å². The van der Waals surface area contributed by atoms with Crippen LogP contribution in [0.15, 0.2) is 66.7 Å². The molecule has 0 aliphatic carbocycles. The van der Waals surface area contributed by atoms with Crippen molar-refractivity contribution in [1.82, 2.24) is 4.90 Å². The first-order chi connectivity index (χ1) is 12.6. The zero-order valence-electron chi connectivity index (χ0n) is 14.3. The van der Waals surface area contributed by atoms with E-state index in [0.29, 0.717) is 18.0 Å². The van der Waals surface area contributed by atoms with E-state index < -0.39 is 0 Å². The van der Waals surface area contributed by atoms with Crippen LogP contribution < -0.4 is 10.1 Å². The highest BCUT2D eigenvalue weighted by molar-refractivity contribution is 7.16. The van der Waals surface area contributed by atoms with Gasteiger partial charge < -0.3 is 10.1 Å². The lowest BCUT2D eigenvalue weighted by Gasteiger charge is -2.16. The molecule has 0 atom stereocenters. The molecule has 1 heterocycles. The number of hydrogen-bond donors (Lipinski definition) is 1. The Morgan fingerprint density at radius 3 is 2.54 bits per heavy atom. The smallest absolute Gasteiger partial charge is 0.238 e. The summed E-state index contributed by atoms with van der Waals surface area (Å²) >= 11 is 7.47. The number of para-hydroxylation sites is 3. The van der Waals surface area contributed by atoms with Crippen LogP contribution in [0.5, 0.6) is 11.5 Å². The predicted octanol–water partition coefficient (Wildman–Crippen LogP) is 5.26. The quantitative estimate of drug-likeness (QED) is 0.601. The number of nitrogens with one attached hydrogen (secondary N) is 1. The molecule has 0 unspecified atom stereocenters. The lowest BCUT2D eigenvalue weighted by molar-refractivity contribution is -0.117. The summed E-state index contributed by atoms with van der Waals surface area (Å²) in [5, 5.41) is 2.92. The van der Waals surface area contributed by atoms with Crippen molar-refractivity contribution in [1.29, 1.82) is 0 Å². The summed E-state index contributed by atoms with van der Waals surface area (Å²) in [4.78, 5) is 15.5. The molecule has 1 N–H and O–H groups in total. The van der Waals surface area contributed by atoms with Crippen LogP contribution in [0.4, 0.5) is 5.69 Å². The van der Waals surface area contributed by atoms with Gasteiger partial charge in [0, 0.05) is 11.4 Å². The number of carbonyl (C=O) groups is 1. The minimum Gasteiger partial charge on any atom is -0.455 e. The lowest BCUT2D eigenvalue weighted by atomic mass is 10.2. The fourth-order valence-corrected chi connectivity index (χ4v) is 3.64. The summed E-state index contributed by atoms with van der Waals surface area (Å²) in [5.74, 6) is 1.24. The number of ether oxygens (including phenoxy) is 1. The Hall–Kier alpha value is -2.34. The van der Waals surface area contributed by atoms with Crippen LogP contribution in [-0.4, -0.2) is 24.4 Å². The number of rotatable bonds is 7. The Kier molecular flexibility index (Phi) is 6.28. The maximum absolute atomic E-state index is 12.4. The van der Waals surface area contributed by atoms with E-state index in [1.807, 2.05) is 78.7 Å². The maximum Gasteiger partial charge on any atom is 0.238 e. The summed E-state index contributed by atoms with van der Waals surface area (Å²) in [7, 11) is 1.90. The fourth-order valence-electron chi connectivity index (χ4n) is 2.47. The number of amides is 1. The van der Waals surface area contributed by atoms with Gasteiger partial charge in [-0.25, -0.2) is 0 Å². The number of hydrogen-bond acceptors (Lipinski definition) is 4. The van der Waals surface area contributed by atoms with Crippen LogP contribution in [0.25, 0.3) is 0 Å². The molecule has 0 saturated carbocycles. The summed E-state index contributed by atoms with van der Waals surface area (Å²) in [6.07, 6.45) is 0. The van der Waals surface area contributed by atoms with E-state index in [2.05, 4.69) is 5.32 Å². The number of nitrogens with zero attached hydrogens (tertiary/aromatic N) is 1. The molecule has 0 bridgehead atoms. The minimum absolute atomic E-state index is 0.0979. The number of anilines is 1. The molecule has 2 aromatic carbocycles. The van der Waals surface area contributed by atoms with Gasteiger partial charge in [0.1, 0.15) is 5.75 Å². The highest BCUT2D eigenvalue weighted by Crippen LogP contribution is 2.29. The molecule has 4 nitrogen and oxygen atoms in total. The van der Waals surface area contributed by atoms with Crippen LogP contribution in [0.3, 0.4) is 0 Å². The van der Waals surface area contributed by atoms with Crippen molar-refractivity contribution in [3.8, 4) is 11.5 Å². The Morgan fingerprint density at radius 1 is 1.08 bits per heavy atom. The molecule has 0 saturated heterocycles. The summed E-state index contributed by atoms with van der Waals surface area (Å²) in [6, 6.07) is 20.7. The third kappa shape index (κ3) is 5.33. The average molecular weight is 387 g/mol. The van der Waals surface area contributed by atoms with Gasteiger partial charge in [-0.2, -0.15) is 0 Å². The first-order valence-corrected chi connectivity index (χ1v) is 9.34. The molecule has 1 amide bonds. The van der Waals surface area contributed by atoms with Crippen molar-refractivity contribution in [2.45, 2.75) is 6.54 Å². The first-order valence-electron chi connectivity index (χ1n) is 8.15. The molecule has 0 aliphatic rings. The van der Waals surface area contributed by atoms with Crippen LogP contribution in [0.2, 0.25) is 4.34 Å². The standard InChI is InChI=1S/C20H19ClN2O2S/c1-23(13-16-11-12-19(21)26-16)14-20(24)22-17-9-5-6-10-18(17)25-15-7-3-2-4-8-15/h2-12H,13-14H2,1H3,(H,22,24). The third-order valence-corrected chi connectivity index (χ3v) is 4.82. The predicted molar refractivity (Wildman–Crippen MR) is 107 cm³/mol. The molecule has 0 spiro atoms. The zero-order chi connectivity index (χ0) is 18.4. The Balaban J connectivity index is 1.60. The Bertz CT molecular complexity index is 867. The van der Waals surface area contributed by atoms with Gasteiger partial charge in [0.25, 0.3) is 0 Å². The van der Waals surface area contributed by atoms with Crippen molar-refractivity contribution in [3.05, 3.63) is 75.9 Å². The minimum atomic E-state index is -0.0979. The molecular formula is C20H19ClN2O2S. The largest absolute Gasteiger partial charge is 0.455 e. The normalized spacial score (nSPS) is 10.7. The van der Waals surface area contributed by atoms with Crippen molar-refractivity contribution < 1.29 is 9.53 Å². The van der Waals surface area contributed by atoms with Crippen LogP contribution in [0, 0.1) is 0 Å². The van der Waals surface area contributed by atoms with Crippen molar-refractivity contribution >= 4 is 34.5 Å². The maximum atomic E-state index is 12.4. The average Bonchev–Trinajstić information content (AvgIpc) is 3.02. The monoisotopic (exact) mass is 386 g/mol. The van der Waals surface area contributed by atoms with Gasteiger partial charge in [-0.05, 0) is 43.4 Å². The molecule has 0 radical (unpaired) electrons. The number of thiophene rings is 1. The van der Waals surface area contributed by atoms with Crippen LogP contribution in [-0.2, 0) is 11.3 Å². The highest BCUT2D eigenvalue weighted by atomic mass is 35.5. The van der Waals surface area contributed by atoms with E-state index in [4.69, 9.17) is 16.3 Å². The molecule has 6 heteroatoms. The molecule has 0 aliphatic heterocycles. The van der Waals surface area contributed by atoms with Crippen LogP contribution >= 0.6 is 22.9 Å². The van der Waals surface area contributed by atoms with E-state index in [0.717, 1.165) is 15.0 Å². The van der Waals surface area contributed by atoms with E-state index in [9.17, 15) is 4.79 Å². The second-order valence-corrected chi connectivity index (χ2v) is 7.64. The van der Waals surface area contributed by atoms with Gasteiger partial charge in [0.2, 0.25) is 5.91 Å². The number of benzene rings is 2. The molecule has 134 valence electrons. The molecule has 1 aromatic heterocycles. The number of likely N-dealkylation sites (N-methyl/N-ethyl adjacent to an activating group) is 1. The van der Waals surface area contributed by atoms with Crippen molar-refractivity contribution in [3.63, 3.8) is 0 Å². The Labute approximate surface area is 162 Å². The molecule has 0 fully saturated rings. The van der Waals surface area contributed by atoms with E-state index >= 15 is 0 Å². The SMILES string of the molecule is CN(CC(=O)Nc1ccccc1Oc1ccccc1)Cc1ccc(Cl)s1. The molecule has 3 rings (SSSR count). The van der Waals surface area contributed by atoms with Gasteiger partial charge in [0.05, 0.1) is 16.6 Å². The highest BCUT2D eigenvalue weighted by Gasteiger charge is 2.11. The van der Waals surface area contributed by atoms with Gasteiger partial charge >= 0.3 is 0 Å². The molecule has 26 heavy (non-hydrogen) atoms. The van der Waals surface area contributed by atoms with E-state index in [1.165, 1.54) is 11.3 Å². The van der Waals surface area contributed by atoms with Gasteiger partial charge in [-0.1, -0.05) is 41.9 Å². The van der Waals surface area contributed by atoms with E-state index in [-0.39, 0.29) is 12.5 Å². The van der Waals surface area contributed by atoms with Gasteiger partial charge in [0.15, 0.2) is 5.75 Å². The second-order valence-electron chi connectivity index (χ2n) is 5.84. The fraction of sp³-hybridized carbons (Fsp3) is 0.150. The number of halogens is 1. The third-order valence-electron chi connectivity index (χ3n) is 3.60. The molecule has 3 aromatic rings. The number of carbonyl (C=O) groups excluding carboxylic acids is 1. The Morgan fingerprint density at radius 2 is 1.81 bits per heavy atom. The van der Waals surface area contributed by atoms with Crippen LogP contribution in [0.1, 0.15) is 4.88 Å². The lowest BCUT2D eigenvalue weighted by Crippen LogP contribution is -2.29. The van der Waals surface area contributed by atoms with Crippen molar-refractivity contribution in [2.75, 3.05) is 18.9 Å². The van der Waals surface area contributed by atoms with Crippen molar-refractivity contribution in [2.24, 2.45) is 0 Å². The second kappa shape index (κ2) is 8.85. The van der Waals surface area contributed by atoms with Gasteiger partial charge in [-0.3, -0.25) is 9.69 Å². The summed E-state index contributed by atoms with van der Waals surface area (Å²) in [6.45, 7) is 0.947. The summed E-state index contributed by atoms with van der Waals surface area (Å²) in [5.41, 5.74) is 0.647.